The average Bonchev–Trinajstić information content (AvgIpc) is 2.74. The van der Waals surface area contributed by atoms with Crippen molar-refractivity contribution in [2.45, 2.75) is 71.1 Å². The lowest BCUT2D eigenvalue weighted by atomic mass is 9.65. The second kappa shape index (κ2) is 10.2. The monoisotopic (exact) mass is 402 g/mol. The van der Waals surface area contributed by atoms with Crippen molar-refractivity contribution in [3.05, 3.63) is 35.9 Å². The van der Waals surface area contributed by atoms with E-state index in [0.717, 1.165) is 0 Å². The van der Waals surface area contributed by atoms with Crippen LogP contribution in [0.5, 0.6) is 0 Å². The van der Waals surface area contributed by atoms with Crippen molar-refractivity contribution in [2.75, 3.05) is 37.6 Å². The van der Waals surface area contributed by atoms with Gasteiger partial charge in [-0.25, -0.2) is 0 Å². The molecule has 1 spiro atoms. The van der Waals surface area contributed by atoms with Gasteiger partial charge in [-0.3, -0.25) is 4.90 Å². The predicted molar refractivity (Wildman–Crippen MR) is 125 cm³/mol. The van der Waals surface area contributed by atoms with Crippen LogP contribution in [0.25, 0.3) is 5.57 Å². The second-order valence-electron chi connectivity index (χ2n) is 9.19. The van der Waals surface area contributed by atoms with Crippen LogP contribution in [0, 0.1) is 5.41 Å². The molecule has 1 aliphatic heterocycles. The average molecular weight is 403 g/mol. The molecule has 2 aliphatic carbocycles. The molecule has 1 heterocycles. The second-order valence-corrected chi connectivity index (χ2v) is 9.19. The number of hydrogen-bond acceptors (Lipinski definition) is 2. The summed E-state index contributed by atoms with van der Waals surface area (Å²) in [7, 11) is 0. The predicted octanol–water partition coefficient (Wildman–Crippen LogP) is 6.55. The lowest BCUT2D eigenvalue weighted by Gasteiger charge is -2.41. The van der Waals surface area contributed by atoms with Gasteiger partial charge in [0.2, 0.25) is 0 Å². The summed E-state index contributed by atoms with van der Waals surface area (Å²) < 4.78 is 0. The highest BCUT2D eigenvalue weighted by molar-refractivity contribution is 5.85. The Morgan fingerprint density at radius 2 is 1.68 bits per heavy atom. The van der Waals surface area contributed by atoms with Crippen molar-refractivity contribution < 1.29 is 0 Å². The van der Waals surface area contributed by atoms with E-state index in [4.69, 9.17) is 0 Å². The summed E-state index contributed by atoms with van der Waals surface area (Å²) in [6.07, 6.45) is 16.6. The van der Waals surface area contributed by atoms with Crippen LogP contribution in [0.15, 0.2) is 30.3 Å². The van der Waals surface area contributed by atoms with E-state index in [1.807, 2.05) is 0 Å². The van der Waals surface area contributed by atoms with E-state index in [9.17, 15) is 0 Å². The molecule has 0 bridgehead atoms. The van der Waals surface area contributed by atoms with Crippen LogP contribution in [0.4, 0.5) is 5.69 Å². The fourth-order valence-corrected chi connectivity index (χ4v) is 5.56. The highest BCUT2D eigenvalue weighted by Crippen LogP contribution is 2.49. The van der Waals surface area contributed by atoms with Gasteiger partial charge in [0.1, 0.15) is 0 Å². The molecule has 28 heavy (non-hydrogen) atoms. The van der Waals surface area contributed by atoms with E-state index < -0.39 is 0 Å². The Bertz CT molecular complexity index is 640. The minimum Gasteiger partial charge on any atom is -0.368 e. The third kappa shape index (κ3) is 4.94. The summed E-state index contributed by atoms with van der Waals surface area (Å²) >= 11 is 0. The first-order valence-corrected chi connectivity index (χ1v) is 11.6. The lowest BCUT2D eigenvalue weighted by molar-refractivity contribution is 0.172. The van der Waals surface area contributed by atoms with Gasteiger partial charge in [0.05, 0.1) is 0 Å². The van der Waals surface area contributed by atoms with Crippen molar-refractivity contribution >= 4 is 23.7 Å². The van der Waals surface area contributed by atoms with Gasteiger partial charge in [-0.15, -0.1) is 12.4 Å². The summed E-state index contributed by atoms with van der Waals surface area (Å²) in [6, 6.07) is 9.21. The Labute approximate surface area is 178 Å². The first kappa shape index (κ1) is 21.7. The standard InChI is InChI=1S/C25H38N2.ClH/c1-2-3-17-26-18-20-27(21-19-26)24-10-6-5-9-23(24)22-11-15-25(16-12-22)13-7-4-8-14-25;/h5-6,9-11H,2-4,7-8,12-21H2,1H3;1H. The van der Waals surface area contributed by atoms with Crippen molar-refractivity contribution in [3.63, 3.8) is 0 Å². The minimum atomic E-state index is 0. The van der Waals surface area contributed by atoms with Gasteiger partial charge in [0, 0.05) is 37.4 Å². The van der Waals surface area contributed by atoms with Crippen LogP contribution in [-0.4, -0.2) is 37.6 Å². The molecule has 0 unspecified atom stereocenters. The van der Waals surface area contributed by atoms with E-state index in [2.05, 4.69) is 47.1 Å². The maximum Gasteiger partial charge on any atom is 0.0443 e. The number of piperazine rings is 1. The number of halogens is 1. The number of para-hydroxylation sites is 1. The third-order valence-corrected chi connectivity index (χ3v) is 7.41. The van der Waals surface area contributed by atoms with Gasteiger partial charge in [-0.05, 0) is 62.1 Å². The van der Waals surface area contributed by atoms with Crippen molar-refractivity contribution in [1.29, 1.82) is 0 Å². The van der Waals surface area contributed by atoms with E-state index in [1.165, 1.54) is 108 Å². The SMILES string of the molecule is CCCCN1CCN(c2ccccc2C2=CCC3(CCCCC3)CC2)CC1.Cl. The summed E-state index contributed by atoms with van der Waals surface area (Å²) in [5.41, 5.74) is 5.28. The summed E-state index contributed by atoms with van der Waals surface area (Å²) in [5.74, 6) is 0. The maximum atomic E-state index is 2.65. The molecule has 2 fully saturated rings. The summed E-state index contributed by atoms with van der Waals surface area (Å²) in [5, 5.41) is 0. The fourth-order valence-electron chi connectivity index (χ4n) is 5.56. The van der Waals surface area contributed by atoms with Gasteiger partial charge >= 0.3 is 0 Å². The summed E-state index contributed by atoms with van der Waals surface area (Å²) in [4.78, 5) is 5.29. The first-order valence-electron chi connectivity index (χ1n) is 11.6. The zero-order valence-electron chi connectivity index (χ0n) is 17.8. The molecule has 3 aliphatic rings. The normalized spacial score (nSPS) is 22.6. The highest BCUT2D eigenvalue weighted by Gasteiger charge is 2.33. The fraction of sp³-hybridized carbons (Fsp3) is 0.680. The number of anilines is 1. The number of rotatable bonds is 5. The molecule has 1 aromatic carbocycles. The number of benzene rings is 1. The minimum absolute atomic E-state index is 0. The van der Waals surface area contributed by atoms with Crippen LogP contribution in [0.3, 0.4) is 0 Å². The van der Waals surface area contributed by atoms with Crippen molar-refractivity contribution in [3.8, 4) is 0 Å². The molecule has 4 rings (SSSR count). The quantitative estimate of drug-likeness (QED) is 0.551. The molecular formula is C25H39ClN2. The van der Waals surface area contributed by atoms with E-state index in [1.54, 1.807) is 5.57 Å². The number of nitrogens with zero attached hydrogens (tertiary/aromatic N) is 2. The third-order valence-electron chi connectivity index (χ3n) is 7.41. The highest BCUT2D eigenvalue weighted by atomic mass is 35.5. The molecule has 0 radical (unpaired) electrons. The van der Waals surface area contributed by atoms with Crippen molar-refractivity contribution in [2.24, 2.45) is 5.41 Å². The number of unbranched alkanes of at least 4 members (excludes halogenated alkanes) is 1. The van der Waals surface area contributed by atoms with Gasteiger partial charge in [-0.2, -0.15) is 0 Å². The summed E-state index contributed by atoms with van der Waals surface area (Å²) in [6.45, 7) is 8.37. The zero-order chi connectivity index (χ0) is 18.5. The molecule has 156 valence electrons. The molecule has 0 atom stereocenters. The van der Waals surface area contributed by atoms with Crippen LogP contribution in [0.2, 0.25) is 0 Å². The smallest absolute Gasteiger partial charge is 0.0443 e. The Morgan fingerprint density at radius 3 is 2.36 bits per heavy atom. The number of allylic oxidation sites excluding steroid dienone is 2. The van der Waals surface area contributed by atoms with E-state index >= 15 is 0 Å². The number of hydrogen-bond donors (Lipinski definition) is 0. The zero-order valence-corrected chi connectivity index (χ0v) is 18.6. The molecular weight excluding hydrogens is 364 g/mol. The molecule has 0 aromatic heterocycles. The van der Waals surface area contributed by atoms with Gasteiger partial charge in [0.15, 0.2) is 0 Å². The Hall–Kier alpha value is -0.990. The lowest BCUT2D eigenvalue weighted by Crippen LogP contribution is -2.46. The Morgan fingerprint density at radius 1 is 0.929 bits per heavy atom. The van der Waals surface area contributed by atoms with Gasteiger partial charge in [-0.1, -0.05) is 56.9 Å². The van der Waals surface area contributed by atoms with Gasteiger partial charge < -0.3 is 4.90 Å². The van der Waals surface area contributed by atoms with Crippen LogP contribution in [-0.2, 0) is 0 Å². The van der Waals surface area contributed by atoms with E-state index in [0.29, 0.717) is 5.41 Å². The topological polar surface area (TPSA) is 6.48 Å². The maximum absolute atomic E-state index is 2.65. The molecule has 0 amide bonds. The van der Waals surface area contributed by atoms with Crippen LogP contribution >= 0.6 is 12.4 Å². The molecule has 1 aromatic rings. The molecule has 2 nitrogen and oxygen atoms in total. The Kier molecular flexibility index (Phi) is 7.88. The van der Waals surface area contributed by atoms with Crippen LogP contribution < -0.4 is 4.90 Å². The molecule has 1 saturated carbocycles. The molecule has 3 heteroatoms. The van der Waals surface area contributed by atoms with Crippen molar-refractivity contribution in [1.82, 2.24) is 4.90 Å². The van der Waals surface area contributed by atoms with Gasteiger partial charge in [0.25, 0.3) is 0 Å². The first-order chi connectivity index (χ1) is 13.3. The largest absolute Gasteiger partial charge is 0.368 e. The molecule has 1 saturated heterocycles. The molecule has 0 N–H and O–H groups in total. The van der Waals surface area contributed by atoms with Crippen LogP contribution in [0.1, 0.15) is 76.7 Å². The van der Waals surface area contributed by atoms with E-state index in [-0.39, 0.29) is 12.4 Å². The Balaban J connectivity index is 0.00000225.